The molecule has 3 aromatic rings. The molecule has 4 nitrogen and oxygen atoms in total. The Hall–Kier alpha value is -1.72. The molecule has 3 rings (SSSR count). The quantitative estimate of drug-likeness (QED) is 0.808. The molecule has 0 unspecified atom stereocenters. The number of hydrogen-bond donors (Lipinski definition) is 1. The first kappa shape index (κ1) is 12.3. The first-order chi connectivity index (χ1) is 9.28. The van der Waals surface area contributed by atoms with Crippen molar-refractivity contribution in [3.63, 3.8) is 0 Å². The van der Waals surface area contributed by atoms with Gasteiger partial charge in [-0.05, 0) is 46.6 Å². The highest BCUT2D eigenvalue weighted by Crippen LogP contribution is 2.21. The molecule has 2 aromatic heterocycles. The van der Waals surface area contributed by atoms with E-state index in [0.29, 0.717) is 6.54 Å². The van der Waals surface area contributed by atoms with Crippen LogP contribution in [0.2, 0.25) is 0 Å². The van der Waals surface area contributed by atoms with E-state index in [1.807, 2.05) is 22.7 Å². The van der Waals surface area contributed by atoms with Gasteiger partial charge in [-0.15, -0.1) is 10.2 Å². The summed E-state index contributed by atoms with van der Waals surface area (Å²) in [7, 11) is 0. The molecular formula is C14H13BrN4. The lowest BCUT2D eigenvalue weighted by molar-refractivity contribution is 0.968. The van der Waals surface area contributed by atoms with E-state index in [9.17, 15) is 0 Å². The van der Waals surface area contributed by atoms with E-state index in [2.05, 4.69) is 50.4 Å². The van der Waals surface area contributed by atoms with Gasteiger partial charge in [-0.1, -0.05) is 24.3 Å². The van der Waals surface area contributed by atoms with Gasteiger partial charge in [0.15, 0.2) is 11.5 Å². The molecule has 0 saturated carbocycles. The minimum atomic E-state index is 0.667. The average molecular weight is 317 g/mol. The summed E-state index contributed by atoms with van der Waals surface area (Å²) in [6.45, 7) is 0.667. The van der Waals surface area contributed by atoms with Crippen LogP contribution in [0.15, 0.2) is 47.1 Å². The molecule has 0 radical (unpaired) electrons. The van der Waals surface area contributed by atoms with E-state index in [-0.39, 0.29) is 0 Å². The number of rotatable bonds is 3. The summed E-state index contributed by atoms with van der Waals surface area (Å²) >= 11 is 3.47. The first-order valence-corrected chi connectivity index (χ1v) is 6.87. The van der Waals surface area contributed by atoms with Crippen molar-refractivity contribution >= 4 is 21.6 Å². The molecule has 0 aliphatic heterocycles. The van der Waals surface area contributed by atoms with Crippen LogP contribution in [0.4, 0.5) is 0 Å². The SMILES string of the molecule is NCCc1ccc(-c2nnc3ccc(Br)cn23)cc1. The summed E-state index contributed by atoms with van der Waals surface area (Å²) in [5.74, 6) is 0.843. The molecule has 1 aromatic carbocycles. The Morgan fingerprint density at radius 2 is 1.84 bits per heavy atom. The van der Waals surface area contributed by atoms with Crippen LogP contribution in [0.3, 0.4) is 0 Å². The predicted molar refractivity (Wildman–Crippen MR) is 78.9 cm³/mol. The monoisotopic (exact) mass is 316 g/mol. The lowest BCUT2D eigenvalue weighted by Crippen LogP contribution is -2.02. The molecule has 0 saturated heterocycles. The first-order valence-electron chi connectivity index (χ1n) is 6.07. The van der Waals surface area contributed by atoms with Crippen LogP contribution >= 0.6 is 15.9 Å². The number of nitrogens with two attached hydrogens (primary N) is 1. The van der Waals surface area contributed by atoms with Crippen LogP contribution in [-0.2, 0) is 6.42 Å². The molecule has 96 valence electrons. The van der Waals surface area contributed by atoms with Gasteiger partial charge in [-0.2, -0.15) is 0 Å². The van der Waals surface area contributed by atoms with Crippen molar-refractivity contribution in [2.45, 2.75) is 6.42 Å². The van der Waals surface area contributed by atoms with Crippen molar-refractivity contribution in [3.05, 3.63) is 52.6 Å². The summed E-state index contributed by atoms with van der Waals surface area (Å²) in [6.07, 6.45) is 2.87. The molecule has 0 fully saturated rings. The fourth-order valence-corrected chi connectivity index (χ4v) is 2.39. The molecule has 2 heterocycles. The molecular weight excluding hydrogens is 304 g/mol. The summed E-state index contributed by atoms with van der Waals surface area (Å²) in [6, 6.07) is 12.2. The van der Waals surface area contributed by atoms with Crippen LogP contribution < -0.4 is 5.73 Å². The van der Waals surface area contributed by atoms with Crippen molar-refractivity contribution in [1.82, 2.24) is 14.6 Å². The predicted octanol–water partition coefficient (Wildman–Crippen LogP) is 2.66. The van der Waals surface area contributed by atoms with Gasteiger partial charge >= 0.3 is 0 Å². The second-order valence-corrected chi connectivity index (χ2v) is 5.25. The molecule has 0 aliphatic rings. The van der Waals surface area contributed by atoms with Crippen LogP contribution in [0, 0.1) is 0 Å². The maximum Gasteiger partial charge on any atom is 0.168 e. The second-order valence-electron chi connectivity index (χ2n) is 4.33. The topological polar surface area (TPSA) is 56.2 Å². The Morgan fingerprint density at radius 3 is 2.58 bits per heavy atom. The lowest BCUT2D eigenvalue weighted by Gasteiger charge is -2.02. The zero-order valence-electron chi connectivity index (χ0n) is 10.3. The van der Waals surface area contributed by atoms with Crippen molar-refractivity contribution < 1.29 is 0 Å². The van der Waals surface area contributed by atoms with Gasteiger partial charge in [0.05, 0.1) is 0 Å². The van der Waals surface area contributed by atoms with E-state index in [1.165, 1.54) is 5.56 Å². The van der Waals surface area contributed by atoms with Gasteiger partial charge in [0.25, 0.3) is 0 Å². The highest BCUT2D eigenvalue weighted by atomic mass is 79.9. The fraction of sp³-hybridized carbons (Fsp3) is 0.143. The van der Waals surface area contributed by atoms with Crippen LogP contribution in [0.25, 0.3) is 17.0 Å². The van der Waals surface area contributed by atoms with Crippen molar-refractivity contribution in [1.29, 1.82) is 0 Å². The van der Waals surface area contributed by atoms with Gasteiger partial charge in [0.2, 0.25) is 0 Å². The maximum absolute atomic E-state index is 5.55. The largest absolute Gasteiger partial charge is 0.330 e. The molecule has 5 heteroatoms. The summed E-state index contributed by atoms with van der Waals surface area (Å²) in [5, 5.41) is 8.42. The van der Waals surface area contributed by atoms with E-state index in [4.69, 9.17) is 5.73 Å². The van der Waals surface area contributed by atoms with Crippen LogP contribution in [0.5, 0.6) is 0 Å². The van der Waals surface area contributed by atoms with Gasteiger partial charge in [0, 0.05) is 16.2 Å². The Kier molecular flexibility index (Phi) is 3.31. The standard InChI is InChI=1S/C14H13BrN4/c15-12-5-6-13-17-18-14(19(13)9-12)11-3-1-10(2-4-11)7-8-16/h1-6,9H,7-8,16H2. The van der Waals surface area contributed by atoms with Gasteiger partial charge in [-0.25, -0.2) is 0 Å². The van der Waals surface area contributed by atoms with Crippen LogP contribution in [-0.4, -0.2) is 21.1 Å². The fourth-order valence-electron chi connectivity index (χ4n) is 2.05. The number of aromatic nitrogens is 3. The normalized spacial score (nSPS) is 11.1. The van der Waals surface area contributed by atoms with Gasteiger partial charge in [0.1, 0.15) is 0 Å². The molecule has 0 aliphatic carbocycles. The van der Waals surface area contributed by atoms with E-state index in [0.717, 1.165) is 27.9 Å². The maximum atomic E-state index is 5.55. The Bertz CT molecular complexity index is 703. The Labute approximate surface area is 119 Å². The number of nitrogens with zero attached hydrogens (tertiary/aromatic N) is 3. The number of halogens is 1. The van der Waals surface area contributed by atoms with Crippen molar-refractivity contribution in [2.75, 3.05) is 6.54 Å². The molecule has 0 amide bonds. The van der Waals surface area contributed by atoms with Gasteiger partial charge in [-0.3, -0.25) is 4.40 Å². The lowest BCUT2D eigenvalue weighted by atomic mass is 10.1. The van der Waals surface area contributed by atoms with Crippen LogP contribution in [0.1, 0.15) is 5.56 Å². The number of pyridine rings is 1. The van der Waals surface area contributed by atoms with E-state index < -0.39 is 0 Å². The van der Waals surface area contributed by atoms with Crippen molar-refractivity contribution in [3.8, 4) is 11.4 Å². The Balaban J connectivity index is 2.06. The smallest absolute Gasteiger partial charge is 0.168 e. The second kappa shape index (κ2) is 5.11. The minimum Gasteiger partial charge on any atom is -0.330 e. The minimum absolute atomic E-state index is 0.667. The van der Waals surface area contributed by atoms with E-state index in [1.54, 1.807) is 0 Å². The zero-order chi connectivity index (χ0) is 13.2. The third-order valence-corrected chi connectivity index (χ3v) is 3.48. The number of hydrogen-bond acceptors (Lipinski definition) is 3. The number of fused-ring (bicyclic) bond motifs is 1. The molecule has 0 spiro atoms. The highest BCUT2D eigenvalue weighted by Gasteiger charge is 2.07. The molecule has 0 atom stereocenters. The summed E-state index contributed by atoms with van der Waals surface area (Å²) < 4.78 is 2.97. The van der Waals surface area contributed by atoms with E-state index >= 15 is 0 Å². The summed E-state index contributed by atoms with van der Waals surface area (Å²) in [4.78, 5) is 0. The Morgan fingerprint density at radius 1 is 1.05 bits per heavy atom. The van der Waals surface area contributed by atoms with Crippen molar-refractivity contribution in [2.24, 2.45) is 5.73 Å². The average Bonchev–Trinajstić information content (AvgIpc) is 2.83. The zero-order valence-corrected chi connectivity index (χ0v) is 11.8. The molecule has 19 heavy (non-hydrogen) atoms. The highest BCUT2D eigenvalue weighted by molar-refractivity contribution is 9.10. The third kappa shape index (κ3) is 2.39. The van der Waals surface area contributed by atoms with Gasteiger partial charge < -0.3 is 5.73 Å². The summed E-state index contributed by atoms with van der Waals surface area (Å²) in [5.41, 5.74) is 8.67. The number of benzene rings is 1. The third-order valence-electron chi connectivity index (χ3n) is 3.01. The molecule has 2 N–H and O–H groups in total. The molecule has 0 bridgehead atoms.